The number of carbonyl (C=O) groups is 2. The summed E-state index contributed by atoms with van der Waals surface area (Å²) in [5.74, 6) is -0.192. The molecule has 0 saturated carbocycles. The maximum atomic E-state index is 12.3. The molecule has 3 aromatic rings. The first-order valence-electron chi connectivity index (χ1n) is 8.42. The molecule has 1 unspecified atom stereocenters. The number of H-pyrrole nitrogens is 2. The third-order valence-corrected chi connectivity index (χ3v) is 5.10. The first-order chi connectivity index (χ1) is 12.9. The van der Waals surface area contributed by atoms with Crippen LogP contribution in [0.15, 0.2) is 47.3 Å². The highest BCUT2D eigenvalue weighted by molar-refractivity contribution is 8.01. The zero-order valence-corrected chi connectivity index (χ0v) is 15.8. The lowest BCUT2D eigenvalue weighted by atomic mass is 10.2. The fourth-order valence-electron chi connectivity index (χ4n) is 2.46. The van der Waals surface area contributed by atoms with Gasteiger partial charge in [-0.1, -0.05) is 17.7 Å². The van der Waals surface area contributed by atoms with E-state index in [-0.39, 0.29) is 23.3 Å². The number of hydrogen-bond acceptors (Lipinski definition) is 4. The van der Waals surface area contributed by atoms with Crippen molar-refractivity contribution in [3.05, 3.63) is 58.5 Å². The fraction of sp³-hybridized carbons (Fsp3) is 0.211. The van der Waals surface area contributed by atoms with Gasteiger partial charge in [-0.05, 0) is 44.2 Å². The molecule has 2 amide bonds. The number of thioether (sulfide) groups is 1. The van der Waals surface area contributed by atoms with E-state index in [1.165, 1.54) is 11.8 Å². The second-order valence-electron chi connectivity index (χ2n) is 6.20. The van der Waals surface area contributed by atoms with Crippen LogP contribution in [0.4, 0.5) is 11.4 Å². The minimum absolute atomic E-state index is 0.158. The first kappa shape index (κ1) is 18.8. The summed E-state index contributed by atoms with van der Waals surface area (Å²) in [6, 6.07) is 12.7. The van der Waals surface area contributed by atoms with Crippen molar-refractivity contribution in [2.45, 2.75) is 19.1 Å². The van der Waals surface area contributed by atoms with Crippen LogP contribution in [0.2, 0.25) is 0 Å². The van der Waals surface area contributed by atoms with E-state index in [0.717, 1.165) is 11.3 Å². The molecule has 2 aromatic carbocycles. The second-order valence-corrected chi connectivity index (χ2v) is 7.53. The lowest BCUT2D eigenvalue weighted by Gasteiger charge is -2.12. The van der Waals surface area contributed by atoms with Crippen LogP contribution in [0.1, 0.15) is 12.5 Å². The minimum Gasteiger partial charge on any atom is -0.325 e. The van der Waals surface area contributed by atoms with Crippen LogP contribution < -0.4 is 16.3 Å². The van der Waals surface area contributed by atoms with Crippen LogP contribution in [0.5, 0.6) is 0 Å². The van der Waals surface area contributed by atoms with Gasteiger partial charge in [0.25, 0.3) is 0 Å². The number of imidazole rings is 1. The Bertz CT molecular complexity index is 1020. The summed E-state index contributed by atoms with van der Waals surface area (Å²) in [6.45, 7) is 3.73. The summed E-state index contributed by atoms with van der Waals surface area (Å²) < 4.78 is 0. The van der Waals surface area contributed by atoms with Crippen LogP contribution in [0.25, 0.3) is 11.0 Å². The lowest BCUT2D eigenvalue weighted by molar-refractivity contribution is -0.115. The Balaban J connectivity index is 1.51. The van der Waals surface area contributed by atoms with E-state index in [2.05, 4.69) is 20.6 Å². The van der Waals surface area contributed by atoms with Crippen molar-refractivity contribution >= 4 is 46.0 Å². The molecule has 27 heavy (non-hydrogen) atoms. The molecule has 0 bridgehead atoms. The van der Waals surface area contributed by atoms with Gasteiger partial charge >= 0.3 is 5.69 Å². The number of aromatic nitrogens is 2. The van der Waals surface area contributed by atoms with Gasteiger partial charge in [-0.2, -0.15) is 0 Å². The number of hydrogen-bond donors (Lipinski definition) is 4. The molecular weight excluding hydrogens is 364 g/mol. The molecule has 0 saturated heterocycles. The van der Waals surface area contributed by atoms with Crippen LogP contribution in [-0.2, 0) is 9.59 Å². The highest BCUT2D eigenvalue weighted by Crippen LogP contribution is 2.18. The summed E-state index contributed by atoms with van der Waals surface area (Å²) in [5.41, 5.74) is 3.44. The standard InChI is InChI=1S/C19H20N4O3S/c1-11-3-5-13(6-4-11)20-17(24)10-27-12(2)18(25)21-14-7-8-15-16(9-14)23-19(26)22-15/h3-9,12H,10H2,1-2H3,(H,20,24)(H,21,25)(H2,22,23,26). The summed E-state index contributed by atoms with van der Waals surface area (Å²) >= 11 is 1.25. The van der Waals surface area contributed by atoms with Gasteiger partial charge in [-0.15, -0.1) is 11.8 Å². The molecule has 1 heterocycles. The number of rotatable bonds is 6. The van der Waals surface area contributed by atoms with Crippen molar-refractivity contribution in [1.29, 1.82) is 0 Å². The molecule has 0 aliphatic heterocycles. The topological polar surface area (TPSA) is 107 Å². The van der Waals surface area contributed by atoms with Crippen molar-refractivity contribution in [1.82, 2.24) is 9.97 Å². The zero-order valence-electron chi connectivity index (χ0n) is 15.0. The van der Waals surface area contributed by atoms with Gasteiger partial charge in [0.1, 0.15) is 0 Å². The summed E-state index contributed by atoms with van der Waals surface area (Å²) in [5, 5.41) is 5.19. The van der Waals surface area contributed by atoms with E-state index in [4.69, 9.17) is 0 Å². The molecule has 0 aliphatic carbocycles. The quantitative estimate of drug-likeness (QED) is 0.524. The normalized spacial score (nSPS) is 11.9. The third-order valence-electron chi connectivity index (χ3n) is 3.95. The SMILES string of the molecule is Cc1ccc(NC(=O)CSC(C)C(=O)Nc2ccc3[nH]c(=O)[nH]c3c2)cc1. The average Bonchev–Trinajstić information content (AvgIpc) is 3.01. The third kappa shape index (κ3) is 5.01. The molecule has 8 heteroatoms. The number of aryl methyl sites for hydroxylation is 1. The molecule has 140 valence electrons. The van der Waals surface area contributed by atoms with Gasteiger partial charge in [0.15, 0.2) is 0 Å². The number of fused-ring (bicyclic) bond motifs is 1. The van der Waals surface area contributed by atoms with Crippen molar-refractivity contribution in [2.24, 2.45) is 0 Å². The monoisotopic (exact) mass is 384 g/mol. The maximum Gasteiger partial charge on any atom is 0.323 e. The van der Waals surface area contributed by atoms with E-state index in [1.807, 2.05) is 31.2 Å². The molecule has 0 spiro atoms. The van der Waals surface area contributed by atoms with Gasteiger partial charge in [-0.3, -0.25) is 9.59 Å². The Kier molecular flexibility index (Phi) is 5.66. The molecule has 1 aromatic heterocycles. The van der Waals surface area contributed by atoms with Gasteiger partial charge in [-0.25, -0.2) is 4.79 Å². The fourth-order valence-corrected chi connectivity index (χ4v) is 3.15. The molecule has 3 rings (SSSR count). The summed E-state index contributed by atoms with van der Waals surface area (Å²) in [4.78, 5) is 40.9. The molecule has 0 radical (unpaired) electrons. The molecular formula is C19H20N4O3S. The first-order valence-corrected chi connectivity index (χ1v) is 9.46. The van der Waals surface area contributed by atoms with E-state index >= 15 is 0 Å². The highest BCUT2D eigenvalue weighted by Gasteiger charge is 2.16. The smallest absolute Gasteiger partial charge is 0.323 e. The molecule has 0 aliphatic rings. The minimum atomic E-state index is -0.408. The Hall–Kier alpha value is -3.00. The van der Waals surface area contributed by atoms with Crippen molar-refractivity contribution in [3.8, 4) is 0 Å². The second kappa shape index (κ2) is 8.13. The number of amides is 2. The Morgan fingerprint density at radius 3 is 2.41 bits per heavy atom. The van der Waals surface area contributed by atoms with Crippen LogP contribution in [0, 0.1) is 6.92 Å². The maximum absolute atomic E-state index is 12.3. The Labute approximate surface area is 159 Å². The van der Waals surface area contributed by atoms with Crippen LogP contribution in [-0.4, -0.2) is 32.8 Å². The summed E-state index contributed by atoms with van der Waals surface area (Å²) in [6.07, 6.45) is 0. The van der Waals surface area contributed by atoms with Crippen LogP contribution in [0.3, 0.4) is 0 Å². The highest BCUT2D eigenvalue weighted by atomic mass is 32.2. The van der Waals surface area contributed by atoms with E-state index in [9.17, 15) is 14.4 Å². The number of carbonyl (C=O) groups excluding carboxylic acids is 2. The van der Waals surface area contributed by atoms with Gasteiger partial charge < -0.3 is 20.6 Å². The number of nitrogens with one attached hydrogen (secondary N) is 4. The predicted molar refractivity (Wildman–Crippen MR) is 109 cm³/mol. The van der Waals surface area contributed by atoms with Gasteiger partial charge in [0.05, 0.1) is 22.0 Å². The average molecular weight is 384 g/mol. The predicted octanol–water partition coefficient (Wildman–Crippen LogP) is 2.86. The molecule has 4 N–H and O–H groups in total. The lowest BCUT2D eigenvalue weighted by Crippen LogP contribution is -2.25. The van der Waals surface area contributed by atoms with E-state index in [1.54, 1.807) is 25.1 Å². The van der Waals surface area contributed by atoms with Crippen molar-refractivity contribution in [3.63, 3.8) is 0 Å². The van der Waals surface area contributed by atoms with Crippen LogP contribution >= 0.6 is 11.8 Å². The molecule has 1 atom stereocenters. The zero-order chi connectivity index (χ0) is 19.4. The number of benzene rings is 2. The summed E-state index contributed by atoms with van der Waals surface area (Å²) in [7, 11) is 0. The van der Waals surface area contributed by atoms with Gasteiger partial charge in [0.2, 0.25) is 11.8 Å². The Morgan fingerprint density at radius 2 is 1.67 bits per heavy atom. The van der Waals surface area contributed by atoms with E-state index in [0.29, 0.717) is 16.7 Å². The molecule has 7 nitrogen and oxygen atoms in total. The van der Waals surface area contributed by atoms with E-state index < -0.39 is 5.25 Å². The number of aromatic amines is 2. The largest absolute Gasteiger partial charge is 0.325 e. The van der Waals surface area contributed by atoms with Gasteiger partial charge in [0, 0.05) is 11.4 Å². The Morgan fingerprint density at radius 1 is 1.00 bits per heavy atom. The van der Waals surface area contributed by atoms with Crippen molar-refractivity contribution < 1.29 is 9.59 Å². The van der Waals surface area contributed by atoms with Crippen molar-refractivity contribution in [2.75, 3.05) is 16.4 Å². The number of anilines is 2. The molecule has 0 fully saturated rings.